The van der Waals surface area contributed by atoms with Crippen LogP contribution in [-0.4, -0.2) is 16.7 Å². The standard InChI is InChI=1S/C8H11NOS/c1-6(4-10)3-8-9-7(2)5-11-8/h3,5,10H,4H2,1-2H3. The molecule has 3 heteroatoms. The number of nitrogens with zero attached hydrogens (tertiary/aromatic N) is 1. The Morgan fingerprint density at radius 1 is 1.82 bits per heavy atom. The molecular formula is C8H11NOS. The third kappa shape index (κ3) is 2.44. The lowest BCUT2D eigenvalue weighted by Crippen LogP contribution is -1.82. The van der Waals surface area contributed by atoms with E-state index in [1.165, 1.54) is 0 Å². The fourth-order valence-corrected chi connectivity index (χ4v) is 1.50. The number of hydrogen-bond donors (Lipinski definition) is 1. The van der Waals surface area contributed by atoms with Gasteiger partial charge in [-0.15, -0.1) is 11.3 Å². The molecule has 0 aliphatic heterocycles. The van der Waals surface area contributed by atoms with E-state index in [1.807, 2.05) is 25.3 Å². The summed E-state index contributed by atoms with van der Waals surface area (Å²) in [5.41, 5.74) is 1.98. The van der Waals surface area contributed by atoms with E-state index in [-0.39, 0.29) is 6.61 Å². The van der Waals surface area contributed by atoms with Gasteiger partial charge in [-0.3, -0.25) is 0 Å². The van der Waals surface area contributed by atoms with Crippen LogP contribution in [0.1, 0.15) is 17.6 Å². The van der Waals surface area contributed by atoms with E-state index >= 15 is 0 Å². The molecule has 0 bridgehead atoms. The Labute approximate surface area is 70.2 Å². The molecule has 1 aromatic heterocycles. The van der Waals surface area contributed by atoms with Gasteiger partial charge in [0.1, 0.15) is 5.01 Å². The normalized spacial score (nSPS) is 12.1. The number of aromatic nitrogens is 1. The molecule has 11 heavy (non-hydrogen) atoms. The molecule has 2 nitrogen and oxygen atoms in total. The fraction of sp³-hybridized carbons (Fsp3) is 0.375. The van der Waals surface area contributed by atoms with Crippen LogP contribution in [0, 0.1) is 6.92 Å². The maximum Gasteiger partial charge on any atom is 0.116 e. The second-order valence-electron chi connectivity index (χ2n) is 2.48. The SMILES string of the molecule is CC(=Cc1nc(C)cs1)CO. The van der Waals surface area contributed by atoms with Gasteiger partial charge in [0, 0.05) is 11.1 Å². The number of aryl methyl sites for hydroxylation is 1. The highest BCUT2D eigenvalue weighted by Crippen LogP contribution is 2.12. The van der Waals surface area contributed by atoms with Gasteiger partial charge in [-0.05, 0) is 25.5 Å². The highest BCUT2D eigenvalue weighted by Gasteiger charge is 1.94. The summed E-state index contributed by atoms with van der Waals surface area (Å²) in [4.78, 5) is 4.23. The van der Waals surface area contributed by atoms with Crippen LogP contribution >= 0.6 is 11.3 Å². The second-order valence-corrected chi connectivity index (χ2v) is 3.37. The van der Waals surface area contributed by atoms with Crippen LogP contribution in [0.5, 0.6) is 0 Å². The average molecular weight is 169 g/mol. The van der Waals surface area contributed by atoms with Crippen molar-refractivity contribution in [3.63, 3.8) is 0 Å². The van der Waals surface area contributed by atoms with Crippen molar-refractivity contribution in [3.05, 3.63) is 21.7 Å². The van der Waals surface area contributed by atoms with Crippen LogP contribution in [0.25, 0.3) is 6.08 Å². The molecule has 0 radical (unpaired) electrons. The molecule has 0 aromatic carbocycles. The van der Waals surface area contributed by atoms with Gasteiger partial charge in [0.25, 0.3) is 0 Å². The summed E-state index contributed by atoms with van der Waals surface area (Å²) in [6.07, 6.45) is 1.90. The van der Waals surface area contributed by atoms with Gasteiger partial charge in [-0.1, -0.05) is 0 Å². The van der Waals surface area contributed by atoms with Gasteiger partial charge < -0.3 is 5.11 Å². The predicted octanol–water partition coefficient (Wildman–Crippen LogP) is 1.85. The number of hydrogen-bond acceptors (Lipinski definition) is 3. The summed E-state index contributed by atoms with van der Waals surface area (Å²) >= 11 is 1.59. The summed E-state index contributed by atoms with van der Waals surface area (Å²) in [6.45, 7) is 3.96. The monoisotopic (exact) mass is 169 g/mol. The third-order valence-corrected chi connectivity index (χ3v) is 2.17. The highest BCUT2D eigenvalue weighted by molar-refractivity contribution is 7.10. The van der Waals surface area contributed by atoms with Crippen molar-refractivity contribution in [2.24, 2.45) is 0 Å². The Hall–Kier alpha value is -0.670. The molecular weight excluding hydrogens is 158 g/mol. The van der Waals surface area contributed by atoms with Crippen molar-refractivity contribution in [1.82, 2.24) is 4.98 Å². The highest BCUT2D eigenvalue weighted by atomic mass is 32.1. The van der Waals surface area contributed by atoms with Gasteiger partial charge in [0.15, 0.2) is 0 Å². The van der Waals surface area contributed by atoms with Gasteiger partial charge in [0.05, 0.1) is 6.61 Å². The number of aliphatic hydroxyl groups is 1. The minimum absolute atomic E-state index is 0.110. The first-order valence-electron chi connectivity index (χ1n) is 3.42. The van der Waals surface area contributed by atoms with Crippen molar-refractivity contribution < 1.29 is 5.11 Å². The van der Waals surface area contributed by atoms with E-state index < -0.39 is 0 Å². The Bertz CT molecular complexity index is 265. The van der Waals surface area contributed by atoms with Gasteiger partial charge in [0.2, 0.25) is 0 Å². The van der Waals surface area contributed by atoms with Crippen LogP contribution in [0.15, 0.2) is 11.0 Å². The van der Waals surface area contributed by atoms with E-state index in [0.717, 1.165) is 16.3 Å². The molecule has 0 aliphatic carbocycles. The van der Waals surface area contributed by atoms with Crippen molar-refractivity contribution in [2.45, 2.75) is 13.8 Å². The van der Waals surface area contributed by atoms with Gasteiger partial charge in [-0.25, -0.2) is 4.98 Å². The Morgan fingerprint density at radius 3 is 3.00 bits per heavy atom. The summed E-state index contributed by atoms with van der Waals surface area (Å²) in [5, 5.41) is 11.7. The number of aliphatic hydroxyl groups excluding tert-OH is 1. The third-order valence-electron chi connectivity index (χ3n) is 1.26. The van der Waals surface area contributed by atoms with Crippen LogP contribution in [0.2, 0.25) is 0 Å². The summed E-state index contributed by atoms with van der Waals surface area (Å²) < 4.78 is 0. The molecule has 1 aromatic rings. The second kappa shape index (κ2) is 3.64. The molecule has 0 unspecified atom stereocenters. The predicted molar refractivity (Wildman–Crippen MR) is 47.6 cm³/mol. The Balaban J connectivity index is 2.78. The van der Waals surface area contributed by atoms with Crippen molar-refractivity contribution in [2.75, 3.05) is 6.61 Å². The molecule has 0 spiro atoms. The van der Waals surface area contributed by atoms with Crippen LogP contribution in [0.4, 0.5) is 0 Å². The minimum Gasteiger partial charge on any atom is -0.392 e. The molecule has 0 saturated carbocycles. The average Bonchev–Trinajstić information content (AvgIpc) is 2.35. The largest absolute Gasteiger partial charge is 0.392 e. The minimum atomic E-state index is 0.110. The number of thiazole rings is 1. The van der Waals surface area contributed by atoms with E-state index in [1.54, 1.807) is 11.3 Å². The molecule has 0 fully saturated rings. The van der Waals surface area contributed by atoms with E-state index in [4.69, 9.17) is 5.11 Å². The number of rotatable bonds is 2. The van der Waals surface area contributed by atoms with Crippen molar-refractivity contribution in [3.8, 4) is 0 Å². The topological polar surface area (TPSA) is 33.1 Å². The summed E-state index contributed by atoms with van der Waals surface area (Å²) in [7, 11) is 0. The lowest BCUT2D eigenvalue weighted by atomic mass is 10.3. The fourth-order valence-electron chi connectivity index (χ4n) is 0.695. The summed E-state index contributed by atoms with van der Waals surface area (Å²) in [6, 6.07) is 0. The zero-order chi connectivity index (χ0) is 8.27. The first-order chi connectivity index (χ1) is 5.22. The summed E-state index contributed by atoms with van der Waals surface area (Å²) in [5.74, 6) is 0. The molecule has 0 saturated heterocycles. The molecule has 1 heterocycles. The zero-order valence-electron chi connectivity index (χ0n) is 6.66. The van der Waals surface area contributed by atoms with Crippen molar-refractivity contribution >= 4 is 17.4 Å². The van der Waals surface area contributed by atoms with Crippen LogP contribution < -0.4 is 0 Å². The van der Waals surface area contributed by atoms with E-state index in [2.05, 4.69) is 4.98 Å². The molecule has 1 rings (SSSR count). The molecule has 0 aliphatic rings. The maximum atomic E-state index is 8.71. The van der Waals surface area contributed by atoms with Crippen LogP contribution in [-0.2, 0) is 0 Å². The quantitative estimate of drug-likeness (QED) is 0.733. The first-order valence-corrected chi connectivity index (χ1v) is 4.30. The van der Waals surface area contributed by atoms with Crippen molar-refractivity contribution in [1.29, 1.82) is 0 Å². The van der Waals surface area contributed by atoms with E-state index in [9.17, 15) is 0 Å². The maximum absolute atomic E-state index is 8.71. The van der Waals surface area contributed by atoms with Crippen LogP contribution in [0.3, 0.4) is 0 Å². The Morgan fingerprint density at radius 2 is 2.55 bits per heavy atom. The lowest BCUT2D eigenvalue weighted by Gasteiger charge is -1.89. The molecule has 1 N–H and O–H groups in total. The van der Waals surface area contributed by atoms with Gasteiger partial charge in [-0.2, -0.15) is 0 Å². The molecule has 0 amide bonds. The zero-order valence-corrected chi connectivity index (χ0v) is 7.48. The molecule has 0 atom stereocenters. The van der Waals surface area contributed by atoms with Gasteiger partial charge >= 0.3 is 0 Å². The molecule has 60 valence electrons. The Kier molecular flexibility index (Phi) is 2.79. The first kappa shape index (κ1) is 8.43. The smallest absolute Gasteiger partial charge is 0.116 e. The lowest BCUT2D eigenvalue weighted by molar-refractivity contribution is 0.332. The van der Waals surface area contributed by atoms with E-state index in [0.29, 0.717) is 0 Å².